The number of anilines is 1. The van der Waals surface area contributed by atoms with E-state index in [-0.39, 0.29) is 0 Å². The van der Waals surface area contributed by atoms with Crippen LogP contribution in [0, 0.1) is 0 Å². The van der Waals surface area contributed by atoms with Gasteiger partial charge in [-0.15, -0.1) is 10.2 Å². The van der Waals surface area contributed by atoms with Crippen molar-refractivity contribution in [2.45, 2.75) is 32.3 Å². The van der Waals surface area contributed by atoms with Crippen LogP contribution in [-0.4, -0.2) is 28.2 Å². The van der Waals surface area contributed by atoms with Crippen molar-refractivity contribution in [3.63, 3.8) is 0 Å². The number of hydrogen-bond donors (Lipinski definition) is 1. The number of nitrogens with zero attached hydrogens (tertiary/aromatic N) is 2. The van der Waals surface area contributed by atoms with Crippen molar-refractivity contribution in [2.24, 2.45) is 0 Å². The Morgan fingerprint density at radius 3 is 2.64 bits per heavy atom. The van der Waals surface area contributed by atoms with Crippen molar-refractivity contribution in [2.75, 3.05) is 5.32 Å². The first-order chi connectivity index (χ1) is 13.5. The van der Waals surface area contributed by atoms with E-state index >= 15 is 0 Å². The summed E-state index contributed by atoms with van der Waals surface area (Å²) in [5.74, 6) is -0.424. The monoisotopic (exact) mass is 393 g/mol. The third kappa shape index (κ3) is 3.66. The van der Waals surface area contributed by atoms with Crippen LogP contribution < -0.4 is 5.32 Å². The van der Waals surface area contributed by atoms with Crippen molar-refractivity contribution in [1.82, 2.24) is 10.2 Å². The van der Waals surface area contributed by atoms with Crippen LogP contribution in [0.2, 0.25) is 0 Å². The minimum atomic E-state index is -0.875. The number of esters is 1. The third-order valence-corrected chi connectivity index (χ3v) is 5.55. The molecule has 2 heterocycles. The van der Waals surface area contributed by atoms with Crippen LogP contribution in [0.5, 0.6) is 0 Å². The standard InChI is InChI=1S/C21H19N3O3S/c1-12(2)13-7-9-14(10-8-13)19-23-24-21(28-19)22-18(25)17-11-15-5-3-4-6-16(15)20(26)27-17/h3-10,12,17H,11H2,1-2H3,(H,22,24,25)/t17-/m0/s1. The minimum Gasteiger partial charge on any atom is -0.448 e. The molecule has 1 aliphatic rings. The Morgan fingerprint density at radius 1 is 1.14 bits per heavy atom. The van der Waals surface area contributed by atoms with Gasteiger partial charge in [0.1, 0.15) is 5.01 Å². The lowest BCUT2D eigenvalue weighted by atomic mass is 9.98. The highest BCUT2D eigenvalue weighted by atomic mass is 32.1. The van der Waals surface area contributed by atoms with E-state index in [9.17, 15) is 9.59 Å². The van der Waals surface area contributed by atoms with Crippen LogP contribution in [0.25, 0.3) is 10.6 Å². The van der Waals surface area contributed by atoms with E-state index in [4.69, 9.17) is 4.74 Å². The molecule has 142 valence electrons. The maximum atomic E-state index is 12.5. The molecule has 0 spiro atoms. The predicted octanol–water partition coefficient (Wildman–Crippen LogP) is 4.05. The molecule has 1 N–H and O–H groups in total. The van der Waals surface area contributed by atoms with E-state index in [1.807, 2.05) is 24.3 Å². The molecule has 1 atom stereocenters. The van der Waals surface area contributed by atoms with Crippen molar-refractivity contribution in [3.8, 4) is 10.6 Å². The summed E-state index contributed by atoms with van der Waals surface area (Å²) in [5, 5.41) is 12.0. The van der Waals surface area contributed by atoms with Crippen LogP contribution in [0.4, 0.5) is 5.13 Å². The summed E-state index contributed by atoms with van der Waals surface area (Å²) in [4.78, 5) is 24.6. The van der Waals surface area contributed by atoms with Gasteiger partial charge in [0.25, 0.3) is 5.91 Å². The molecule has 0 radical (unpaired) electrons. The van der Waals surface area contributed by atoms with Gasteiger partial charge in [0.2, 0.25) is 5.13 Å². The number of carbonyl (C=O) groups is 2. The van der Waals surface area contributed by atoms with E-state index in [0.717, 1.165) is 16.1 Å². The molecule has 4 rings (SSSR count). The first-order valence-corrected chi connectivity index (χ1v) is 9.86. The topological polar surface area (TPSA) is 81.2 Å². The second kappa shape index (κ2) is 7.52. The Morgan fingerprint density at radius 2 is 1.89 bits per heavy atom. The molecule has 0 bridgehead atoms. The van der Waals surface area contributed by atoms with Crippen LogP contribution >= 0.6 is 11.3 Å². The number of rotatable bonds is 4. The van der Waals surface area contributed by atoms with Crippen LogP contribution in [0.1, 0.15) is 41.3 Å². The lowest BCUT2D eigenvalue weighted by Crippen LogP contribution is -2.37. The normalized spacial score (nSPS) is 15.8. The maximum absolute atomic E-state index is 12.5. The minimum absolute atomic E-state index is 0.343. The molecular weight excluding hydrogens is 374 g/mol. The number of hydrogen-bond acceptors (Lipinski definition) is 6. The average molecular weight is 393 g/mol. The molecule has 3 aromatic rings. The highest BCUT2D eigenvalue weighted by Gasteiger charge is 2.31. The summed E-state index contributed by atoms with van der Waals surface area (Å²) < 4.78 is 5.28. The number of nitrogens with one attached hydrogen (secondary N) is 1. The van der Waals surface area contributed by atoms with Gasteiger partial charge in [-0.3, -0.25) is 10.1 Å². The van der Waals surface area contributed by atoms with Gasteiger partial charge in [-0.05, 0) is 23.1 Å². The Balaban J connectivity index is 1.45. The first kappa shape index (κ1) is 18.3. The van der Waals surface area contributed by atoms with Crippen LogP contribution in [0.3, 0.4) is 0 Å². The van der Waals surface area contributed by atoms with Crippen molar-refractivity contribution in [1.29, 1.82) is 0 Å². The second-order valence-corrected chi connectivity index (χ2v) is 7.91. The number of carbonyl (C=O) groups excluding carboxylic acids is 2. The van der Waals surface area contributed by atoms with Crippen molar-refractivity contribution >= 4 is 28.3 Å². The average Bonchev–Trinajstić information content (AvgIpc) is 3.16. The summed E-state index contributed by atoms with van der Waals surface area (Å²) in [6, 6.07) is 15.3. The molecule has 0 aliphatic carbocycles. The number of aromatic nitrogens is 2. The highest BCUT2D eigenvalue weighted by Crippen LogP contribution is 2.28. The number of fused-ring (bicyclic) bond motifs is 1. The molecule has 0 unspecified atom stereocenters. The molecule has 6 nitrogen and oxygen atoms in total. The van der Waals surface area contributed by atoms with Crippen molar-refractivity contribution in [3.05, 3.63) is 65.2 Å². The van der Waals surface area contributed by atoms with E-state index in [0.29, 0.717) is 23.0 Å². The smallest absolute Gasteiger partial charge is 0.339 e. The zero-order chi connectivity index (χ0) is 19.7. The van der Waals surface area contributed by atoms with Gasteiger partial charge < -0.3 is 4.74 Å². The van der Waals surface area contributed by atoms with Gasteiger partial charge in [0.15, 0.2) is 6.10 Å². The van der Waals surface area contributed by atoms with Gasteiger partial charge in [-0.25, -0.2) is 4.79 Å². The molecule has 1 aliphatic heterocycles. The number of amides is 1. The summed E-state index contributed by atoms with van der Waals surface area (Å²) in [7, 11) is 0. The Bertz CT molecular complexity index is 1030. The van der Waals surface area contributed by atoms with Crippen LogP contribution in [-0.2, 0) is 16.0 Å². The van der Waals surface area contributed by atoms with E-state index in [1.165, 1.54) is 16.9 Å². The summed E-state index contributed by atoms with van der Waals surface area (Å²) in [6.45, 7) is 4.29. The van der Waals surface area contributed by atoms with Gasteiger partial charge in [0, 0.05) is 12.0 Å². The van der Waals surface area contributed by atoms with E-state index in [1.54, 1.807) is 12.1 Å². The Hall–Kier alpha value is -3.06. The number of benzene rings is 2. The summed E-state index contributed by atoms with van der Waals surface area (Å²) >= 11 is 1.28. The summed E-state index contributed by atoms with van der Waals surface area (Å²) in [6.07, 6.45) is -0.532. The van der Waals surface area contributed by atoms with Gasteiger partial charge in [-0.2, -0.15) is 0 Å². The van der Waals surface area contributed by atoms with E-state index < -0.39 is 18.0 Å². The lowest BCUT2D eigenvalue weighted by molar-refractivity contribution is -0.125. The Kier molecular flexibility index (Phi) is 4.92. The predicted molar refractivity (Wildman–Crippen MR) is 107 cm³/mol. The molecule has 0 saturated carbocycles. The molecule has 28 heavy (non-hydrogen) atoms. The summed E-state index contributed by atoms with van der Waals surface area (Å²) in [5.41, 5.74) is 3.51. The molecule has 1 amide bonds. The Labute approximate surface area is 166 Å². The van der Waals surface area contributed by atoms with Gasteiger partial charge in [-0.1, -0.05) is 67.6 Å². The molecule has 7 heteroatoms. The maximum Gasteiger partial charge on any atom is 0.339 e. The molecular formula is C21H19N3O3S. The fourth-order valence-electron chi connectivity index (χ4n) is 3.06. The quantitative estimate of drug-likeness (QED) is 0.677. The van der Waals surface area contributed by atoms with Gasteiger partial charge in [0.05, 0.1) is 5.56 Å². The molecule has 0 saturated heterocycles. The van der Waals surface area contributed by atoms with E-state index in [2.05, 4.69) is 41.5 Å². The zero-order valence-corrected chi connectivity index (χ0v) is 16.3. The van der Waals surface area contributed by atoms with Crippen LogP contribution in [0.15, 0.2) is 48.5 Å². The number of cyclic esters (lactones) is 1. The molecule has 2 aromatic carbocycles. The molecule has 1 aromatic heterocycles. The third-order valence-electron chi connectivity index (χ3n) is 4.66. The first-order valence-electron chi connectivity index (χ1n) is 9.05. The molecule has 0 fully saturated rings. The zero-order valence-electron chi connectivity index (χ0n) is 15.5. The number of ether oxygens (including phenoxy) is 1. The lowest BCUT2D eigenvalue weighted by Gasteiger charge is -2.23. The SMILES string of the molecule is CC(C)c1ccc(-c2nnc(NC(=O)[C@@H]3Cc4ccccc4C(=O)O3)s2)cc1. The second-order valence-electron chi connectivity index (χ2n) is 6.93. The largest absolute Gasteiger partial charge is 0.448 e. The fourth-order valence-corrected chi connectivity index (χ4v) is 3.82. The van der Waals surface area contributed by atoms with Gasteiger partial charge >= 0.3 is 5.97 Å². The highest BCUT2D eigenvalue weighted by molar-refractivity contribution is 7.18. The fraction of sp³-hybridized carbons (Fsp3) is 0.238. The van der Waals surface area contributed by atoms with Crippen molar-refractivity contribution < 1.29 is 14.3 Å².